The summed E-state index contributed by atoms with van der Waals surface area (Å²) < 4.78 is 18.5. The lowest BCUT2D eigenvalue weighted by Gasteiger charge is -2.32. The number of nitrogens with zero attached hydrogens (tertiary/aromatic N) is 3. The fraction of sp³-hybridized carbons (Fsp3) is 0.289. The predicted molar refractivity (Wildman–Crippen MR) is 181 cm³/mol. The van der Waals surface area contributed by atoms with Crippen LogP contribution in [0.1, 0.15) is 48.8 Å². The van der Waals surface area contributed by atoms with Gasteiger partial charge in [0.2, 0.25) is 5.91 Å². The van der Waals surface area contributed by atoms with Gasteiger partial charge in [0.15, 0.2) is 11.5 Å². The van der Waals surface area contributed by atoms with Gasteiger partial charge in [-0.05, 0) is 72.4 Å². The molecule has 0 saturated heterocycles. The first-order valence-corrected chi connectivity index (χ1v) is 15.7. The van der Waals surface area contributed by atoms with Crippen LogP contribution in [0.4, 0.5) is 0 Å². The number of benzene rings is 4. The number of methoxy groups -OCH3 is 2. The standard InChI is InChI=1S/C38H41N3O5/c1-5-27-16-19-30(20-17-27)41-37(39-32-15-11-10-14-31(32)38(41)43)33(6-2)40(36(42)26-46-25-29-12-8-7-9-13-29)23-22-28-18-21-34(44-3)35(24-28)45-4/h7-21,24,33H,5-6,22-23,25-26H2,1-4H3. The summed E-state index contributed by atoms with van der Waals surface area (Å²) in [4.78, 5) is 35.1. The smallest absolute Gasteiger partial charge is 0.266 e. The van der Waals surface area contributed by atoms with Crippen LogP contribution in [0, 0.1) is 0 Å². The molecule has 0 N–H and O–H groups in total. The Kier molecular flexibility index (Phi) is 10.8. The fourth-order valence-corrected chi connectivity index (χ4v) is 5.70. The van der Waals surface area contributed by atoms with E-state index in [1.54, 1.807) is 29.8 Å². The van der Waals surface area contributed by atoms with E-state index in [9.17, 15) is 9.59 Å². The van der Waals surface area contributed by atoms with Crippen LogP contribution in [0.2, 0.25) is 0 Å². The third-order valence-corrected chi connectivity index (χ3v) is 8.21. The fourth-order valence-electron chi connectivity index (χ4n) is 5.70. The number of ether oxygens (including phenoxy) is 3. The van der Waals surface area contributed by atoms with Crippen LogP contribution < -0.4 is 15.0 Å². The summed E-state index contributed by atoms with van der Waals surface area (Å²) in [5.74, 6) is 1.59. The molecule has 0 aliphatic carbocycles. The van der Waals surface area contributed by atoms with E-state index in [0.717, 1.165) is 17.5 Å². The van der Waals surface area contributed by atoms with Gasteiger partial charge in [-0.15, -0.1) is 0 Å². The highest BCUT2D eigenvalue weighted by Gasteiger charge is 2.29. The molecule has 4 aromatic carbocycles. The maximum Gasteiger partial charge on any atom is 0.266 e. The van der Waals surface area contributed by atoms with Crippen molar-refractivity contribution < 1.29 is 19.0 Å². The first kappa shape index (κ1) is 32.4. The number of aromatic nitrogens is 2. The number of aryl methyl sites for hydroxylation is 1. The number of hydrogen-bond donors (Lipinski definition) is 0. The average Bonchev–Trinajstić information content (AvgIpc) is 3.10. The molecule has 0 spiro atoms. The normalized spacial score (nSPS) is 11.7. The number of carbonyl (C=O) groups excluding carboxylic acids is 1. The second-order valence-electron chi connectivity index (χ2n) is 11.1. The Morgan fingerprint density at radius 3 is 2.22 bits per heavy atom. The van der Waals surface area contributed by atoms with E-state index >= 15 is 0 Å². The first-order chi connectivity index (χ1) is 22.5. The molecule has 0 bridgehead atoms. The Labute approximate surface area is 270 Å². The van der Waals surface area contributed by atoms with Crippen LogP contribution in [0.15, 0.2) is 102 Å². The van der Waals surface area contributed by atoms with Crippen molar-refractivity contribution in [2.24, 2.45) is 0 Å². The van der Waals surface area contributed by atoms with Crippen LogP contribution in [0.25, 0.3) is 16.6 Å². The molecule has 8 nitrogen and oxygen atoms in total. The second-order valence-corrected chi connectivity index (χ2v) is 11.1. The molecule has 1 aromatic heterocycles. The second kappa shape index (κ2) is 15.4. The Bertz CT molecular complexity index is 1820. The molecule has 238 valence electrons. The van der Waals surface area contributed by atoms with E-state index in [0.29, 0.717) is 59.9 Å². The highest BCUT2D eigenvalue weighted by atomic mass is 16.5. The zero-order valence-corrected chi connectivity index (χ0v) is 26.9. The number of para-hydroxylation sites is 1. The number of fused-ring (bicyclic) bond motifs is 1. The SMILES string of the molecule is CCc1ccc(-n2c(C(CC)N(CCc3ccc(OC)c(OC)c3)C(=O)COCc3ccccc3)nc3ccccc3c2=O)cc1. The molecule has 0 aliphatic rings. The van der Waals surface area contributed by atoms with Gasteiger partial charge in [0.25, 0.3) is 5.56 Å². The van der Waals surface area contributed by atoms with Crippen molar-refractivity contribution in [1.82, 2.24) is 14.5 Å². The highest BCUT2D eigenvalue weighted by Crippen LogP contribution is 2.30. The molecule has 5 rings (SSSR count). The summed E-state index contributed by atoms with van der Waals surface area (Å²) >= 11 is 0. The topological polar surface area (TPSA) is 82.9 Å². The molecule has 1 unspecified atom stereocenters. The summed E-state index contributed by atoms with van der Waals surface area (Å²) in [5, 5.41) is 0.523. The number of hydrogen-bond acceptors (Lipinski definition) is 6. The molecule has 0 radical (unpaired) electrons. The molecule has 1 heterocycles. The summed E-state index contributed by atoms with van der Waals surface area (Å²) in [5.41, 5.74) is 4.27. The highest BCUT2D eigenvalue weighted by molar-refractivity contribution is 5.79. The number of carbonyl (C=O) groups is 1. The lowest BCUT2D eigenvalue weighted by Crippen LogP contribution is -2.41. The average molecular weight is 620 g/mol. The van der Waals surface area contributed by atoms with Crippen LogP contribution in [-0.4, -0.2) is 47.7 Å². The van der Waals surface area contributed by atoms with Gasteiger partial charge in [-0.3, -0.25) is 14.2 Å². The van der Waals surface area contributed by atoms with Crippen molar-refractivity contribution in [3.63, 3.8) is 0 Å². The van der Waals surface area contributed by atoms with E-state index in [2.05, 4.69) is 6.92 Å². The van der Waals surface area contributed by atoms with Crippen LogP contribution in [-0.2, 0) is 29.0 Å². The predicted octanol–water partition coefficient (Wildman–Crippen LogP) is 6.70. The van der Waals surface area contributed by atoms with Crippen molar-refractivity contribution in [1.29, 1.82) is 0 Å². The quantitative estimate of drug-likeness (QED) is 0.138. The van der Waals surface area contributed by atoms with E-state index < -0.39 is 6.04 Å². The van der Waals surface area contributed by atoms with E-state index in [1.807, 2.05) is 97.9 Å². The maximum atomic E-state index is 14.1. The van der Waals surface area contributed by atoms with Crippen molar-refractivity contribution in [2.45, 2.75) is 45.8 Å². The minimum atomic E-state index is -0.504. The largest absolute Gasteiger partial charge is 0.493 e. The number of rotatable bonds is 14. The summed E-state index contributed by atoms with van der Waals surface area (Å²) in [7, 11) is 3.21. The molecule has 46 heavy (non-hydrogen) atoms. The van der Waals surface area contributed by atoms with E-state index in [-0.39, 0.29) is 18.1 Å². The third-order valence-electron chi connectivity index (χ3n) is 8.21. The minimum Gasteiger partial charge on any atom is -0.493 e. The van der Waals surface area contributed by atoms with Crippen LogP contribution >= 0.6 is 0 Å². The summed E-state index contributed by atoms with van der Waals surface area (Å²) in [6.07, 6.45) is 1.97. The van der Waals surface area contributed by atoms with Gasteiger partial charge in [-0.25, -0.2) is 4.98 Å². The van der Waals surface area contributed by atoms with Crippen molar-refractivity contribution >= 4 is 16.8 Å². The molecule has 5 aromatic rings. The molecule has 0 saturated carbocycles. The zero-order chi connectivity index (χ0) is 32.5. The number of amides is 1. The Morgan fingerprint density at radius 1 is 0.826 bits per heavy atom. The summed E-state index contributed by atoms with van der Waals surface area (Å²) in [6, 6.07) is 30.3. The van der Waals surface area contributed by atoms with Gasteiger partial charge < -0.3 is 19.1 Å². The van der Waals surface area contributed by atoms with E-state index in [1.165, 1.54) is 5.56 Å². The molecule has 1 amide bonds. The zero-order valence-electron chi connectivity index (χ0n) is 26.9. The van der Waals surface area contributed by atoms with Crippen molar-refractivity contribution in [3.05, 3.63) is 130 Å². The molecule has 8 heteroatoms. The van der Waals surface area contributed by atoms with Crippen molar-refractivity contribution in [2.75, 3.05) is 27.4 Å². The van der Waals surface area contributed by atoms with Gasteiger partial charge in [-0.1, -0.05) is 74.5 Å². The Hall–Kier alpha value is -4.95. The monoisotopic (exact) mass is 619 g/mol. The maximum absolute atomic E-state index is 14.1. The van der Waals surface area contributed by atoms with Gasteiger partial charge in [0.1, 0.15) is 12.4 Å². The van der Waals surface area contributed by atoms with Crippen molar-refractivity contribution in [3.8, 4) is 17.2 Å². The minimum absolute atomic E-state index is 0.111. The first-order valence-electron chi connectivity index (χ1n) is 15.7. The third kappa shape index (κ3) is 7.29. The molecule has 1 atom stereocenters. The van der Waals surface area contributed by atoms with Gasteiger partial charge in [0.05, 0.1) is 43.5 Å². The Balaban J connectivity index is 1.55. The molecule has 0 fully saturated rings. The molecular weight excluding hydrogens is 578 g/mol. The van der Waals surface area contributed by atoms with Gasteiger partial charge >= 0.3 is 0 Å². The van der Waals surface area contributed by atoms with Crippen LogP contribution in [0.3, 0.4) is 0 Å². The lowest BCUT2D eigenvalue weighted by atomic mass is 10.1. The van der Waals surface area contributed by atoms with Crippen LogP contribution in [0.5, 0.6) is 11.5 Å². The lowest BCUT2D eigenvalue weighted by molar-refractivity contribution is -0.139. The van der Waals surface area contributed by atoms with E-state index in [4.69, 9.17) is 19.2 Å². The van der Waals surface area contributed by atoms with Gasteiger partial charge in [0, 0.05) is 6.54 Å². The van der Waals surface area contributed by atoms with Gasteiger partial charge in [-0.2, -0.15) is 0 Å². The summed E-state index contributed by atoms with van der Waals surface area (Å²) in [6.45, 7) is 4.69. The molecule has 0 aliphatic heterocycles. The molecular formula is C38H41N3O5. The Morgan fingerprint density at radius 2 is 1.52 bits per heavy atom.